The number of aromatic nitrogens is 2. The van der Waals surface area contributed by atoms with E-state index in [-0.39, 0.29) is 0 Å². The van der Waals surface area contributed by atoms with Crippen molar-refractivity contribution in [3.63, 3.8) is 0 Å². The van der Waals surface area contributed by atoms with E-state index in [2.05, 4.69) is 15.5 Å². The predicted molar refractivity (Wildman–Crippen MR) is 73.8 cm³/mol. The molecule has 2 heterocycles. The molecule has 0 unspecified atom stereocenters. The molecule has 1 aromatic heterocycles. The van der Waals surface area contributed by atoms with Gasteiger partial charge in [0.25, 0.3) is 0 Å². The van der Waals surface area contributed by atoms with Gasteiger partial charge in [-0.15, -0.1) is 0 Å². The number of hydrogen-bond donors (Lipinski definition) is 1. The van der Waals surface area contributed by atoms with E-state index in [4.69, 9.17) is 4.52 Å². The molecule has 0 saturated carbocycles. The molecule has 1 aromatic rings. The molecule has 0 aromatic carbocycles. The molecule has 1 aliphatic rings. The number of aryl methyl sites for hydroxylation is 1. The van der Waals surface area contributed by atoms with Crippen molar-refractivity contribution in [2.24, 2.45) is 0 Å². The van der Waals surface area contributed by atoms with E-state index in [0.29, 0.717) is 6.04 Å². The highest BCUT2D eigenvalue weighted by Crippen LogP contribution is 2.16. The Bertz CT molecular complexity index is 324. The normalized spacial score (nSPS) is 18.2. The molecule has 0 amide bonds. The van der Waals surface area contributed by atoms with Gasteiger partial charge in [0.2, 0.25) is 5.89 Å². The second-order valence-electron chi connectivity index (χ2n) is 4.01. The molecule has 0 spiro atoms. The summed E-state index contributed by atoms with van der Waals surface area (Å²) in [4.78, 5) is 4.30. The van der Waals surface area contributed by atoms with Gasteiger partial charge < -0.3 is 9.84 Å². The molecular weight excluding hydrogens is 254 g/mol. The van der Waals surface area contributed by atoms with Gasteiger partial charge in [0.15, 0.2) is 5.82 Å². The average Bonchev–Trinajstić information content (AvgIpc) is 2.65. The lowest BCUT2D eigenvalue weighted by Gasteiger charge is -2.14. The monoisotopic (exact) mass is 273 g/mol. The quantitative estimate of drug-likeness (QED) is 0.879. The summed E-state index contributed by atoms with van der Waals surface area (Å²) in [5.41, 5.74) is 0. The van der Waals surface area contributed by atoms with Crippen LogP contribution in [0.5, 0.6) is 0 Å². The second kappa shape index (κ2) is 7.28. The molecule has 1 saturated heterocycles. The standard InChI is InChI=1S/C11H19N3OS2/c1-2-10-13-11(15-14-10)3-4-12-9-7-16-5-6-17-8-9/h9,12H,2-8H2,1H3. The molecule has 0 aliphatic carbocycles. The summed E-state index contributed by atoms with van der Waals surface area (Å²) >= 11 is 4.09. The second-order valence-corrected chi connectivity index (χ2v) is 6.31. The van der Waals surface area contributed by atoms with Crippen LogP contribution in [-0.4, -0.2) is 45.7 Å². The van der Waals surface area contributed by atoms with Crippen LogP contribution in [0.15, 0.2) is 4.52 Å². The van der Waals surface area contributed by atoms with Crippen LogP contribution < -0.4 is 5.32 Å². The Morgan fingerprint density at radius 2 is 2.12 bits per heavy atom. The Morgan fingerprint density at radius 3 is 2.76 bits per heavy atom. The van der Waals surface area contributed by atoms with Crippen LogP contribution in [0.4, 0.5) is 0 Å². The summed E-state index contributed by atoms with van der Waals surface area (Å²) in [5.74, 6) is 6.57. The van der Waals surface area contributed by atoms with Crippen LogP contribution >= 0.6 is 23.5 Å². The van der Waals surface area contributed by atoms with Crippen molar-refractivity contribution >= 4 is 23.5 Å². The van der Waals surface area contributed by atoms with Crippen LogP contribution in [0.2, 0.25) is 0 Å². The fraction of sp³-hybridized carbons (Fsp3) is 0.818. The van der Waals surface area contributed by atoms with Crippen molar-refractivity contribution in [3.8, 4) is 0 Å². The molecule has 2 rings (SSSR count). The maximum atomic E-state index is 5.16. The minimum atomic E-state index is 0.626. The fourth-order valence-electron chi connectivity index (χ4n) is 1.65. The van der Waals surface area contributed by atoms with E-state index in [1.807, 2.05) is 30.4 Å². The Hall–Kier alpha value is -0.200. The van der Waals surface area contributed by atoms with Crippen molar-refractivity contribution in [3.05, 3.63) is 11.7 Å². The van der Waals surface area contributed by atoms with E-state index < -0.39 is 0 Å². The summed E-state index contributed by atoms with van der Waals surface area (Å²) in [6, 6.07) is 0.626. The lowest BCUT2D eigenvalue weighted by Crippen LogP contribution is -2.34. The van der Waals surface area contributed by atoms with Crippen molar-refractivity contribution in [2.75, 3.05) is 29.6 Å². The SMILES string of the molecule is CCc1noc(CCNC2CSCCSC2)n1. The molecule has 1 N–H and O–H groups in total. The van der Waals surface area contributed by atoms with Gasteiger partial charge in [0.1, 0.15) is 0 Å². The Balaban J connectivity index is 1.67. The number of nitrogens with one attached hydrogen (secondary N) is 1. The fourth-order valence-corrected chi connectivity index (χ4v) is 4.12. The molecule has 0 atom stereocenters. The average molecular weight is 273 g/mol. The Morgan fingerprint density at radius 1 is 1.35 bits per heavy atom. The van der Waals surface area contributed by atoms with Crippen molar-refractivity contribution < 1.29 is 4.52 Å². The molecular formula is C11H19N3OS2. The Kier molecular flexibility index (Phi) is 5.67. The predicted octanol–water partition coefficient (Wildman–Crippen LogP) is 1.61. The highest BCUT2D eigenvalue weighted by molar-refractivity contribution is 8.03. The number of thioether (sulfide) groups is 2. The molecule has 0 bridgehead atoms. The lowest BCUT2D eigenvalue weighted by molar-refractivity contribution is 0.369. The van der Waals surface area contributed by atoms with E-state index in [1.165, 1.54) is 23.0 Å². The summed E-state index contributed by atoms with van der Waals surface area (Å²) in [6.07, 6.45) is 1.67. The Labute approximate surface area is 111 Å². The maximum absolute atomic E-state index is 5.16. The summed E-state index contributed by atoms with van der Waals surface area (Å²) in [5, 5.41) is 7.46. The van der Waals surface area contributed by atoms with Gasteiger partial charge >= 0.3 is 0 Å². The van der Waals surface area contributed by atoms with Gasteiger partial charge in [-0.05, 0) is 0 Å². The first-order valence-corrected chi connectivity index (χ1v) is 8.39. The highest BCUT2D eigenvalue weighted by atomic mass is 32.2. The largest absolute Gasteiger partial charge is 0.339 e. The maximum Gasteiger partial charge on any atom is 0.227 e. The summed E-state index contributed by atoms with van der Waals surface area (Å²) < 4.78 is 5.16. The minimum absolute atomic E-state index is 0.626. The first-order valence-electron chi connectivity index (χ1n) is 6.09. The van der Waals surface area contributed by atoms with Crippen molar-refractivity contribution in [2.45, 2.75) is 25.8 Å². The zero-order valence-corrected chi connectivity index (χ0v) is 11.8. The van der Waals surface area contributed by atoms with Gasteiger partial charge in [0, 0.05) is 48.4 Å². The molecule has 6 heteroatoms. The van der Waals surface area contributed by atoms with Gasteiger partial charge in [-0.2, -0.15) is 28.5 Å². The zero-order valence-electron chi connectivity index (χ0n) is 10.1. The van der Waals surface area contributed by atoms with E-state index in [9.17, 15) is 0 Å². The number of hydrogen-bond acceptors (Lipinski definition) is 6. The summed E-state index contributed by atoms with van der Waals surface area (Å²) in [7, 11) is 0. The van der Waals surface area contributed by atoms with Gasteiger partial charge in [0.05, 0.1) is 0 Å². The topological polar surface area (TPSA) is 51.0 Å². The third-order valence-corrected chi connectivity index (χ3v) is 5.13. The van der Waals surface area contributed by atoms with Crippen molar-refractivity contribution in [1.82, 2.24) is 15.5 Å². The minimum Gasteiger partial charge on any atom is -0.339 e. The van der Waals surface area contributed by atoms with Crippen molar-refractivity contribution in [1.29, 1.82) is 0 Å². The molecule has 1 fully saturated rings. The third kappa shape index (κ3) is 4.52. The lowest BCUT2D eigenvalue weighted by atomic mass is 10.3. The first-order chi connectivity index (χ1) is 8.38. The van der Waals surface area contributed by atoms with E-state index in [1.54, 1.807) is 0 Å². The van der Waals surface area contributed by atoms with Crippen LogP contribution in [0.3, 0.4) is 0 Å². The summed E-state index contributed by atoms with van der Waals surface area (Å²) in [6.45, 7) is 2.96. The molecule has 0 radical (unpaired) electrons. The van der Waals surface area contributed by atoms with Gasteiger partial charge in [-0.3, -0.25) is 0 Å². The van der Waals surface area contributed by atoms with Crippen LogP contribution in [0.1, 0.15) is 18.6 Å². The molecule has 17 heavy (non-hydrogen) atoms. The highest BCUT2D eigenvalue weighted by Gasteiger charge is 2.12. The van der Waals surface area contributed by atoms with E-state index in [0.717, 1.165) is 31.1 Å². The smallest absolute Gasteiger partial charge is 0.227 e. The number of nitrogens with zero attached hydrogens (tertiary/aromatic N) is 2. The van der Waals surface area contributed by atoms with Crippen LogP contribution in [0, 0.1) is 0 Å². The third-order valence-electron chi connectivity index (χ3n) is 2.61. The van der Waals surface area contributed by atoms with Gasteiger partial charge in [-0.1, -0.05) is 12.1 Å². The molecule has 96 valence electrons. The van der Waals surface area contributed by atoms with E-state index >= 15 is 0 Å². The zero-order chi connectivity index (χ0) is 11.9. The molecule has 1 aliphatic heterocycles. The molecule has 4 nitrogen and oxygen atoms in total. The van der Waals surface area contributed by atoms with Crippen LogP contribution in [0.25, 0.3) is 0 Å². The number of rotatable bonds is 5. The first kappa shape index (κ1) is 13.2. The van der Waals surface area contributed by atoms with Gasteiger partial charge in [-0.25, -0.2) is 0 Å². The van der Waals surface area contributed by atoms with Crippen LogP contribution in [-0.2, 0) is 12.8 Å².